The molecular weight excluding hydrogens is 1660 g/mol. The van der Waals surface area contributed by atoms with Crippen molar-refractivity contribution in [1.29, 1.82) is 0 Å². The van der Waals surface area contributed by atoms with Crippen LogP contribution in [0.4, 0.5) is 4.79 Å². The summed E-state index contributed by atoms with van der Waals surface area (Å²) in [7, 11) is 1.48. The average Bonchev–Trinajstić information content (AvgIpc) is 1.55. The molecule has 7 heterocycles. The van der Waals surface area contributed by atoms with Crippen LogP contribution < -0.4 is 87.5 Å². The van der Waals surface area contributed by atoms with Gasteiger partial charge in [-0.3, -0.25) is 48.5 Å². The first-order valence-corrected chi connectivity index (χ1v) is 42.1. The monoisotopic (exact) mass is 1750 g/mol. The van der Waals surface area contributed by atoms with Gasteiger partial charge in [-0.2, -0.15) is 0 Å². The van der Waals surface area contributed by atoms with Crippen molar-refractivity contribution in [3.05, 3.63) is 152 Å². The molecule has 0 unspecified atom stereocenters. The van der Waals surface area contributed by atoms with E-state index in [1.54, 1.807) is 0 Å². The fourth-order valence-corrected chi connectivity index (χ4v) is 18.8. The molecule has 10 amide bonds. The van der Waals surface area contributed by atoms with Gasteiger partial charge in [0.2, 0.25) is 65.1 Å². The molecule has 124 heavy (non-hydrogen) atoms. The maximum atomic E-state index is 16.7. The highest BCUT2D eigenvalue weighted by atomic mass is 35.5. The molecule has 7 aliphatic heterocycles. The van der Waals surface area contributed by atoms with E-state index in [2.05, 4.69) is 63.8 Å². The van der Waals surface area contributed by atoms with E-state index in [1.165, 1.54) is 67.7 Å². The summed E-state index contributed by atoms with van der Waals surface area (Å²) < 4.78 is 43.5. The van der Waals surface area contributed by atoms with Gasteiger partial charge in [-0.1, -0.05) is 75.2 Å². The fraction of sp³-hybridized carbons (Fsp3) is 0.465. The van der Waals surface area contributed by atoms with Crippen LogP contribution in [-0.4, -0.2) is 209 Å². The number of rotatable bonds is 22. The zero-order valence-electron chi connectivity index (χ0n) is 68.0. The molecule has 36 nitrogen and oxygen atoms in total. The molecule has 6 aromatic carbocycles. The van der Waals surface area contributed by atoms with Gasteiger partial charge in [0.05, 0.1) is 29.1 Å². The number of carbonyl (C=O) groups excluding carboxylic acids is 10. The third-order valence-corrected chi connectivity index (χ3v) is 24.8. The topological polar surface area (TPSA) is 521 Å². The molecule has 5 aliphatic carbocycles. The number of ether oxygens (including phenoxy) is 7. The van der Waals surface area contributed by atoms with Crippen molar-refractivity contribution in [3.8, 4) is 57.1 Å². The Labute approximate surface area is 720 Å². The van der Waals surface area contributed by atoms with E-state index < -0.39 is 185 Å². The minimum Gasteiger partial charge on any atom is -0.508 e. The maximum Gasteiger partial charge on any atom is 0.407 e. The summed E-state index contributed by atoms with van der Waals surface area (Å²) in [6, 6.07) is 4.96. The summed E-state index contributed by atoms with van der Waals surface area (Å²) in [4.78, 5) is 153. The summed E-state index contributed by atoms with van der Waals surface area (Å²) in [6.45, 7) is 9.45. The third-order valence-electron chi connectivity index (χ3n) is 24.2. The molecule has 19 N–H and O–H groups in total. The van der Waals surface area contributed by atoms with Crippen molar-refractivity contribution in [2.75, 3.05) is 53.0 Å². The quantitative estimate of drug-likeness (QED) is 0.0343. The van der Waals surface area contributed by atoms with Gasteiger partial charge >= 0.3 is 6.09 Å². The highest BCUT2D eigenvalue weighted by Gasteiger charge is 2.54. The van der Waals surface area contributed by atoms with Crippen LogP contribution in [0, 0.1) is 29.6 Å². The molecule has 0 radical (unpaired) electrons. The minimum absolute atomic E-state index is 0.0744. The summed E-state index contributed by atoms with van der Waals surface area (Å²) in [5.74, 6) is -15.6. The molecule has 12 aliphatic rings. The first-order chi connectivity index (χ1) is 59.3. The van der Waals surface area contributed by atoms with Crippen molar-refractivity contribution in [1.82, 2.24) is 63.8 Å². The molecule has 38 heteroatoms. The number of likely N-dealkylation sites (N-methyl/N-ethyl adjacent to an activating group) is 3. The van der Waals surface area contributed by atoms with Crippen LogP contribution in [0.25, 0.3) is 11.1 Å². The second kappa shape index (κ2) is 36.7. The Morgan fingerprint density at radius 2 is 1.23 bits per heavy atom. The SMILES string of the molecule is CCNCCOc1cc(OCCNCC)cc(C(=O)NC(=O)C[C@@H]2NC(=O)[C@H](NC(=O)[C@@H](CC(C)C)NC)[C@H](O)c3ccc(c(Cl)c3)Oc3cc4cc(c3O[C@@H]3O[C@@H]5CNC(=O)O[C@H]5[C@H](O)[C@H]3O)Oc3ccc(cc3Cl)[C@@H](O)[C@@H]3NC(=O)[C@H](NC(=O)[C@@H]4NC2=O)c2ccc4c(c2)-c2c(cc(O)cc2C4(O)O)[C@@H](C(=O)NC2C4CC5CC(C4)CC2C5)NC3=O)c1. The molecule has 0 spiro atoms. The van der Waals surface area contributed by atoms with Gasteiger partial charge in [0.15, 0.2) is 17.6 Å². The second-order valence-corrected chi connectivity index (χ2v) is 33.9. The number of phenols is 1. The number of hydrogen-bond donors (Lipinski definition) is 19. The van der Waals surface area contributed by atoms with Crippen LogP contribution in [0.2, 0.25) is 10.0 Å². The van der Waals surface area contributed by atoms with Crippen LogP contribution >= 0.6 is 23.2 Å². The predicted octanol–water partition coefficient (Wildman–Crippen LogP) is 3.02. The Bertz CT molecular complexity index is 5130. The maximum absolute atomic E-state index is 16.7. The van der Waals surface area contributed by atoms with Crippen LogP contribution in [0.5, 0.6) is 46.0 Å². The minimum atomic E-state index is -2.99. The van der Waals surface area contributed by atoms with E-state index in [-0.39, 0.29) is 133 Å². The van der Waals surface area contributed by atoms with E-state index in [9.17, 15) is 54.9 Å². The van der Waals surface area contributed by atoms with Crippen molar-refractivity contribution in [2.24, 2.45) is 29.6 Å². The van der Waals surface area contributed by atoms with Gasteiger partial charge < -0.3 is 127 Å². The summed E-state index contributed by atoms with van der Waals surface area (Å²) in [5.41, 5.74) is -2.29. The number of benzene rings is 6. The number of halogens is 2. The van der Waals surface area contributed by atoms with Crippen LogP contribution in [-0.2, 0) is 53.6 Å². The number of fused-ring (bicyclic) bond motifs is 13. The lowest BCUT2D eigenvalue weighted by molar-refractivity contribution is -0.275. The molecule has 2 saturated heterocycles. The lowest BCUT2D eigenvalue weighted by Gasteiger charge is -2.54. The van der Waals surface area contributed by atoms with Crippen LogP contribution in [0.3, 0.4) is 0 Å². The van der Waals surface area contributed by atoms with Gasteiger partial charge in [0, 0.05) is 41.9 Å². The van der Waals surface area contributed by atoms with E-state index >= 15 is 28.8 Å². The highest BCUT2D eigenvalue weighted by molar-refractivity contribution is 6.32. The molecule has 15 bridgehead atoms. The number of carbonyl (C=O) groups is 10. The molecule has 6 aromatic rings. The number of amides is 10. The van der Waals surface area contributed by atoms with Gasteiger partial charge in [0.25, 0.3) is 5.91 Å². The molecule has 660 valence electrons. The summed E-state index contributed by atoms with van der Waals surface area (Å²) >= 11 is 14.4. The lowest BCUT2D eigenvalue weighted by Crippen LogP contribution is -2.65. The number of aliphatic hydroxyl groups excluding tert-OH is 4. The van der Waals surface area contributed by atoms with Crippen molar-refractivity contribution in [2.45, 2.75) is 170 Å². The normalized spacial score (nSPS) is 27.8. The number of aromatic hydroxyl groups is 1. The number of imide groups is 1. The molecule has 6 fully saturated rings. The zero-order valence-corrected chi connectivity index (χ0v) is 69.5. The first kappa shape index (κ1) is 87.9. The van der Waals surface area contributed by atoms with E-state index in [0.29, 0.717) is 38.0 Å². The van der Waals surface area contributed by atoms with Crippen molar-refractivity contribution >= 4 is 82.5 Å². The predicted molar refractivity (Wildman–Crippen MR) is 439 cm³/mol. The fourth-order valence-electron chi connectivity index (χ4n) is 18.3. The Morgan fingerprint density at radius 1 is 0.629 bits per heavy atom. The van der Waals surface area contributed by atoms with Gasteiger partial charge in [0.1, 0.15) is 109 Å². The average molecular weight is 1750 g/mol. The number of nitrogens with one attached hydrogen (secondary N) is 12. The van der Waals surface area contributed by atoms with Gasteiger partial charge in [-0.25, -0.2) is 4.79 Å². The van der Waals surface area contributed by atoms with Crippen LogP contribution in [0.1, 0.15) is 152 Å². The summed E-state index contributed by atoms with van der Waals surface area (Å²) in [5, 5.41) is 118. The Hall–Kier alpha value is -11.0. The molecule has 14 atom stereocenters. The van der Waals surface area contributed by atoms with Gasteiger partial charge in [-0.05, 0) is 194 Å². The van der Waals surface area contributed by atoms with Crippen LogP contribution in [0.15, 0.2) is 97.1 Å². The highest BCUT2D eigenvalue weighted by Crippen LogP contribution is 2.56. The van der Waals surface area contributed by atoms with E-state index in [4.69, 9.17) is 56.4 Å². The molecule has 4 saturated carbocycles. The Balaban J connectivity index is 0.900. The van der Waals surface area contributed by atoms with Crippen molar-refractivity contribution in [3.63, 3.8) is 0 Å². The van der Waals surface area contributed by atoms with E-state index in [0.717, 1.165) is 68.5 Å². The standard InChI is InChI=1S/C86H98Cl2N12O24/c1-6-90-14-16-118-47-24-45(25-48(33-47)119-17-15-91-7-2)76(107)94-62(102)34-56-78(109)96-66-44-29-59(120-57-12-9-40(27-53(57)87)70(103)68(82(113)93-56)99-77(108)55(89-5)18-36(3)4)74(123-84-73(106)72(105)75-61(122-84)35-92-85(115)124-75)60(30-44)121-58-13-10-41(28-54(58)88)71(104)69-83(114)98-67(81(112)95-64-42-20-37-19-38(22-42)23-43(64)21-37)50-31-46(101)32-52-63(50)49-26-39(8-11-51(49)86(52,116)117)65(79(110)100-69)97-80(66)111/h8-13,24-33,36-38,42-43,55-56,61,64-73,75,84,89-91,101,103-106,116-117H,6-7,14-23,34-35H2,1-5H3,(H,92,115)(H,93,113)(H,95,112)(H,96,109)(H,97,111)(H,98,114)(H,99,108)(H,100,110)(H,94,102,107)/t37?,38?,42?,43?,55-,56+,61-,64?,65-,66-,67+,68-,69+,70-,71-,72-,73-,75-,84+/m1/s1. The Kier molecular flexibility index (Phi) is 26.0. The third kappa shape index (κ3) is 18.3. The Morgan fingerprint density at radius 3 is 1.85 bits per heavy atom. The molecule has 0 aromatic heterocycles. The second-order valence-electron chi connectivity index (χ2n) is 33.1. The molecule has 18 rings (SSSR count). The number of phenolic OH excluding ortho intramolecular Hbond substituents is 1. The van der Waals surface area contributed by atoms with E-state index in [1.807, 2.05) is 27.7 Å². The lowest BCUT2D eigenvalue weighted by atomic mass is 9.54. The zero-order chi connectivity index (χ0) is 88.0. The van der Waals surface area contributed by atoms with Gasteiger partial charge in [-0.15, -0.1) is 0 Å². The summed E-state index contributed by atoms with van der Waals surface area (Å²) in [6.07, 6.45) is -10.5. The van der Waals surface area contributed by atoms with Crippen molar-refractivity contribution < 1.29 is 117 Å². The number of aliphatic hydroxyl groups is 6. The smallest absolute Gasteiger partial charge is 0.407 e. The molecular formula is C86H98Cl2N12O24. The number of alkyl carbamates (subject to hydrolysis) is 1. The first-order valence-electron chi connectivity index (χ1n) is 41.4. The number of hydrogen-bond acceptors (Lipinski definition) is 27. The largest absolute Gasteiger partial charge is 0.508 e.